The monoisotopic (exact) mass is 217 g/mol. The number of aliphatic carboxylic acids is 1. The molecule has 0 aromatic rings. The molecule has 82 valence electrons. The van der Waals surface area contributed by atoms with Crippen molar-refractivity contribution in [3.63, 3.8) is 0 Å². The fourth-order valence-corrected chi connectivity index (χ4v) is 3.05. The fourth-order valence-electron chi connectivity index (χ4n) is 1.86. The molecular weight excluding hydrogens is 198 g/mol. The van der Waals surface area contributed by atoms with E-state index in [0.29, 0.717) is 6.04 Å². The summed E-state index contributed by atoms with van der Waals surface area (Å²) in [5.41, 5.74) is 0. The van der Waals surface area contributed by atoms with Crippen molar-refractivity contribution < 1.29 is 9.90 Å². The van der Waals surface area contributed by atoms with E-state index < -0.39 is 5.97 Å². The van der Waals surface area contributed by atoms with Crippen LogP contribution >= 0.6 is 11.8 Å². The predicted octanol–water partition coefficient (Wildman–Crippen LogP) is 1.68. The molecule has 1 aliphatic rings. The maximum Gasteiger partial charge on any atom is 0.317 e. The van der Waals surface area contributed by atoms with Crippen molar-refractivity contribution in [1.82, 2.24) is 4.90 Å². The summed E-state index contributed by atoms with van der Waals surface area (Å²) in [5, 5.41) is 8.79. The largest absolute Gasteiger partial charge is 0.480 e. The third-order valence-corrected chi connectivity index (χ3v) is 3.70. The summed E-state index contributed by atoms with van der Waals surface area (Å²) >= 11 is 1.95. The van der Waals surface area contributed by atoms with Crippen molar-refractivity contribution in [2.75, 3.05) is 24.6 Å². The molecule has 1 N–H and O–H groups in total. The molecule has 1 heterocycles. The van der Waals surface area contributed by atoms with E-state index in [2.05, 4.69) is 11.8 Å². The van der Waals surface area contributed by atoms with Crippen LogP contribution in [0.1, 0.15) is 26.2 Å². The number of hydrogen-bond donors (Lipinski definition) is 1. The van der Waals surface area contributed by atoms with Gasteiger partial charge in [-0.05, 0) is 31.6 Å². The van der Waals surface area contributed by atoms with Gasteiger partial charge in [0, 0.05) is 11.8 Å². The SMILES string of the molecule is CCCN(CC(=O)O)C1CCCSC1. The van der Waals surface area contributed by atoms with Crippen LogP contribution in [0, 0.1) is 0 Å². The zero-order valence-electron chi connectivity index (χ0n) is 8.74. The normalized spacial score (nSPS) is 22.6. The molecule has 0 amide bonds. The highest BCUT2D eigenvalue weighted by atomic mass is 32.2. The van der Waals surface area contributed by atoms with Crippen LogP contribution in [0.25, 0.3) is 0 Å². The smallest absolute Gasteiger partial charge is 0.317 e. The van der Waals surface area contributed by atoms with Gasteiger partial charge >= 0.3 is 5.97 Å². The number of thioether (sulfide) groups is 1. The summed E-state index contributed by atoms with van der Waals surface area (Å²) in [6.07, 6.45) is 3.43. The zero-order valence-corrected chi connectivity index (χ0v) is 9.55. The number of carbonyl (C=O) groups is 1. The highest BCUT2D eigenvalue weighted by Gasteiger charge is 2.22. The lowest BCUT2D eigenvalue weighted by Gasteiger charge is -2.32. The van der Waals surface area contributed by atoms with Gasteiger partial charge in [-0.2, -0.15) is 11.8 Å². The molecule has 1 unspecified atom stereocenters. The van der Waals surface area contributed by atoms with E-state index in [1.54, 1.807) is 0 Å². The Morgan fingerprint density at radius 1 is 1.64 bits per heavy atom. The van der Waals surface area contributed by atoms with Gasteiger partial charge < -0.3 is 5.11 Å². The van der Waals surface area contributed by atoms with Crippen LogP contribution in [0.3, 0.4) is 0 Å². The molecule has 1 aliphatic heterocycles. The first-order valence-electron chi connectivity index (χ1n) is 5.27. The summed E-state index contributed by atoms with van der Waals surface area (Å²) in [7, 11) is 0. The molecule has 14 heavy (non-hydrogen) atoms. The Bertz CT molecular complexity index is 181. The molecule has 1 saturated heterocycles. The third-order valence-electron chi connectivity index (χ3n) is 2.50. The van der Waals surface area contributed by atoms with Gasteiger partial charge in [0.15, 0.2) is 0 Å². The predicted molar refractivity (Wildman–Crippen MR) is 59.8 cm³/mol. The first kappa shape index (κ1) is 11.9. The van der Waals surface area contributed by atoms with Crippen molar-refractivity contribution in [1.29, 1.82) is 0 Å². The molecule has 1 fully saturated rings. The van der Waals surface area contributed by atoms with E-state index in [4.69, 9.17) is 5.11 Å². The molecule has 0 saturated carbocycles. The van der Waals surface area contributed by atoms with Crippen LogP contribution in [-0.4, -0.2) is 46.6 Å². The van der Waals surface area contributed by atoms with Crippen LogP contribution in [0.15, 0.2) is 0 Å². The van der Waals surface area contributed by atoms with Gasteiger partial charge in [-0.1, -0.05) is 6.92 Å². The maximum absolute atomic E-state index is 10.7. The molecule has 0 radical (unpaired) electrons. The van der Waals surface area contributed by atoms with E-state index >= 15 is 0 Å². The van der Waals surface area contributed by atoms with Crippen LogP contribution in [-0.2, 0) is 4.79 Å². The Hall–Kier alpha value is -0.220. The van der Waals surface area contributed by atoms with Gasteiger partial charge in [-0.25, -0.2) is 0 Å². The highest BCUT2D eigenvalue weighted by Crippen LogP contribution is 2.21. The number of carboxylic acids is 1. The van der Waals surface area contributed by atoms with Crippen LogP contribution in [0.2, 0.25) is 0 Å². The van der Waals surface area contributed by atoms with Gasteiger partial charge in [-0.15, -0.1) is 0 Å². The molecule has 0 bridgehead atoms. The number of rotatable bonds is 5. The number of carboxylic acid groups (broad SMARTS) is 1. The van der Waals surface area contributed by atoms with Crippen molar-refractivity contribution in [3.05, 3.63) is 0 Å². The van der Waals surface area contributed by atoms with Crippen LogP contribution in [0.5, 0.6) is 0 Å². The Morgan fingerprint density at radius 3 is 2.93 bits per heavy atom. The Labute approximate surface area is 89.9 Å². The second-order valence-corrected chi connectivity index (χ2v) is 4.89. The molecule has 0 aromatic heterocycles. The minimum absolute atomic E-state index is 0.207. The second-order valence-electron chi connectivity index (χ2n) is 3.74. The molecule has 0 aliphatic carbocycles. The number of hydrogen-bond acceptors (Lipinski definition) is 3. The summed E-state index contributed by atoms with van der Waals surface area (Å²) < 4.78 is 0. The average molecular weight is 217 g/mol. The minimum Gasteiger partial charge on any atom is -0.480 e. The summed E-state index contributed by atoms with van der Waals surface area (Å²) in [6.45, 7) is 3.22. The van der Waals surface area contributed by atoms with E-state index in [9.17, 15) is 4.79 Å². The van der Waals surface area contributed by atoms with Gasteiger partial charge in [-0.3, -0.25) is 9.69 Å². The molecule has 1 rings (SSSR count). The lowest BCUT2D eigenvalue weighted by Crippen LogP contribution is -2.42. The highest BCUT2D eigenvalue weighted by molar-refractivity contribution is 7.99. The van der Waals surface area contributed by atoms with Gasteiger partial charge in [0.25, 0.3) is 0 Å². The molecule has 4 heteroatoms. The lowest BCUT2D eigenvalue weighted by molar-refractivity contribution is -0.138. The molecule has 0 aromatic carbocycles. The molecular formula is C10H19NO2S. The lowest BCUT2D eigenvalue weighted by atomic mass is 10.1. The first-order valence-corrected chi connectivity index (χ1v) is 6.43. The topological polar surface area (TPSA) is 40.5 Å². The second kappa shape index (κ2) is 6.30. The Morgan fingerprint density at radius 2 is 2.43 bits per heavy atom. The van der Waals surface area contributed by atoms with Gasteiger partial charge in [0.2, 0.25) is 0 Å². The van der Waals surface area contributed by atoms with E-state index in [-0.39, 0.29) is 6.54 Å². The fraction of sp³-hybridized carbons (Fsp3) is 0.900. The first-order chi connectivity index (χ1) is 6.74. The quantitative estimate of drug-likeness (QED) is 0.760. The molecule has 3 nitrogen and oxygen atoms in total. The van der Waals surface area contributed by atoms with Gasteiger partial charge in [0.1, 0.15) is 0 Å². The molecule has 0 spiro atoms. The van der Waals surface area contributed by atoms with Crippen molar-refractivity contribution in [2.24, 2.45) is 0 Å². The summed E-state index contributed by atoms with van der Waals surface area (Å²) in [6, 6.07) is 0.491. The van der Waals surface area contributed by atoms with Crippen molar-refractivity contribution in [2.45, 2.75) is 32.2 Å². The zero-order chi connectivity index (χ0) is 10.4. The van der Waals surface area contributed by atoms with Crippen LogP contribution in [0.4, 0.5) is 0 Å². The Kier molecular flexibility index (Phi) is 5.33. The van der Waals surface area contributed by atoms with Gasteiger partial charge in [0.05, 0.1) is 6.54 Å². The Balaban J connectivity index is 2.42. The number of nitrogens with zero attached hydrogens (tertiary/aromatic N) is 1. The van der Waals surface area contributed by atoms with E-state index in [1.807, 2.05) is 11.8 Å². The van der Waals surface area contributed by atoms with Crippen molar-refractivity contribution in [3.8, 4) is 0 Å². The average Bonchev–Trinajstić information content (AvgIpc) is 2.18. The van der Waals surface area contributed by atoms with E-state index in [0.717, 1.165) is 18.7 Å². The molecule has 1 atom stereocenters. The van der Waals surface area contributed by atoms with E-state index in [1.165, 1.54) is 18.6 Å². The summed E-state index contributed by atoms with van der Waals surface area (Å²) in [4.78, 5) is 12.8. The maximum atomic E-state index is 10.7. The summed E-state index contributed by atoms with van der Waals surface area (Å²) in [5.74, 6) is 1.64. The van der Waals surface area contributed by atoms with Crippen molar-refractivity contribution >= 4 is 17.7 Å². The minimum atomic E-state index is -0.700. The standard InChI is InChI=1S/C10H19NO2S/c1-2-5-11(7-10(12)13)9-4-3-6-14-8-9/h9H,2-8H2,1H3,(H,12,13). The third kappa shape index (κ3) is 3.88. The van der Waals surface area contributed by atoms with Crippen LogP contribution < -0.4 is 0 Å².